The molecule has 2 heterocycles. The van der Waals surface area contributed by atoms with Gasteiger partial charge in [-0.25, -0.2) is 0 Å². The Balaban J connectivity index is 1.55. The molecular formula is C30H26O11. The lowest BCUT2D eigenvalue weighted by molar-refractivity contribution is -0.00244. The van der Waals surface area contributed by atoms with Crippen molar-refractivity contribution in [3.8, 4) is 51.7 Å². The van der Waals surface area contributed by atoms with Crippen LogP contribution in [0.25, 0.3) is 0 Å². The molecule has 212 valence electrons. The van der Waals surface area contributed by atoms with Gasteiger partial charge < -0.3 is 55.4 Å². The predicted molar refractivity (Wildman–Crippen MR) is 142 cm³/mol. The third-order valence-corrected chi connectivity index (χ3v) is 7.59. The highest BCUT2D eigenvalue weighted by atomic mass is 16.5. The van der Waals surface area contributed by atoms with Crippen molar-refractivity contribution in [2.75, 3.05) is 0 Å². The van der Waals surface area contributed by atoms with Crippen molar-refractivity contribution in [3.05, 3.63) is 88.5 Å². The summed E-state index contributed by atoms with van der Waals surface area (Å²) in [6.45, 7) is 0. The Kier molecular flexibility index (Phi) is 6.13. The zero-order chi connectivity index (χ0) is 29.2. The number of aromatic hydroxyl groups is 7. The molecule has 2 aliphatic heterocycles. The summed E-state index contributed by atoms with van der Waals surface area (Å²) >= 11 is 0. The van der Waals surface area contributed by atoms with E-state index < -0.39 is 41.8 Å². The summed E-state index contributed by atoms with van der Waals surface area (Å²) in [5.74, 6) is -3.35. The minimum absolute atomic E-state index is 0.0743. The van der Waals surface area contributed by atoms with E-state index >= 15 is 0 Å². The molecule has 0 aliphatic carbocycles. The summed E-state index contributed by atoms with van der Waals surface area (Å²) in [4.78, 5) is 0. The number of aliphatic hydroxyl groups excluding tert-OH is 2. The van der Waals surface area contributed by atoms with Gasteiger partial charge in [-0.15, -0.1) is 0 Å². The number of hydrogen-bond acceptors (Lipinski definition) is 11. The summed E-state index contributed by atoms with van der Waals surface area (Å²) in [5, 5.41) is 94.1. The van der Waals surface area contributed by atoms with Crippen molar-refractivity contribution in [1.82, 2.24) is 0 Å². The molecule has 0 spiro atoms. The smallest absolute Gasteiger partial charge is 0.157 e. The van der Waals surface area contributed by atoms with Crippen LogP contribution in [-0.4, -0.2) is 58.2 Å². The number of benzene rings is 4. The van der Waals surface area contributed by atoms with Crippen LogP contribution >= 0.6 is 0 Å². The SMILES string of the molecule is Oc1ccc([C@@H]2c3c(cc(O)c4c3O[C@H](c3ccc(O)c(O)c3)[C@H](O)C4)O[C@@H](c3ccc(O)c(O)c3)[C@H]2O)c(O)c1. The molecule has 0 fully saturated rings. The first kappa shape index (κ1) is 26.2. The molecule has 0 saturated heterocycles. The van der Waals surface area contributed by atoms with Crippen LogP contribution in [0.2, 0.25) is 0 Å². The van der Waals surface area contributed by atoms with Crippen molar-refractivity contribution in [1.29, 1.82) is 0 Å². The highest BCUT2D eigenvalue weighted by Gasteiger charge is 2.45. The second-order valence-corrected chi connectivity index (χ2v) is 10.2. The van der Waals surface area contributed by atoms with Gasteiger partial charge in [-0.3, -0.25) is 0 Å². The van der Waals surface area contributed by atoms with E-state index in [9.17, 15) is 46.0 Å². The molecule has 41 heavy (non-hydrogen) atoms. The average molecular weight is 563 g/mol. The Hall–Kier alpha value is -5.00. The molecule has 11 nitrogen and oxygen atoms in total. The number of ether oxygens (including phenoxy) is 2. The van der Waals surface area contributed by atoms with Gasteiger partial charge in [-0.05, 0) is 41.5 Å². The van der Waals surface area contributed by atoms with E-state index in [0.717, 1.165) is 6.07 Å². The van der Waals surface area contributed by atoms with Gasteiger partial charge in [0.25, 0.3) is 0 Å². The first-order valence-corrected chi connectivity index (χ1v) is 12.7. The molecule has 5 atom stereocenters. The summed E-state index contributed by atoms with van der Waals surface area (Å²) in [6.07, 6.45) is -4.89. The molecule has 4 aromatic carbocycles. The van der Waals surface area contributed by atoms with Gasteiger partial charge in [0.05, 0.1) is 6.10 Å². The molecule has 0 aromatic heterocycles. The van der Waals surface area contributed by atoms with Crippen LogP contribution in [0.4, 0.5) is 0 Å². The quantitative estimate of drug-likeness (QED) is 0.166. The Morgan fingerprint density at radius 3 is 1.83 bits per heavy atom. The third-order valence-electron chi connectivity index (χ3n) is 7.59. The molecule has 11 heteroatoms. The predicted octanol–water partition coefficient (Wildman–Crippen LogP) is 3.29. The van der Waals surface area contributed by atoms with Crippen molar-refractivity contribution < 1.29 is 55.4 Å². The van der Waals surface area contributed by atoms with E-state index in [1.807, 2.05) is 0 Å². The van der Waals surface area contributed by atoms with Gasteiger partial charge in [0.2, 0.25) is 0 Å². The van der Waals surface area contributed by atoms with Crippen molar-refractivity contribution in [2.45, 2.75) is 36.8 Å². The zero-order valence-corrected chi connectivity index (χ0v) is 21.2. The monoisotopic (exact) mass is 562 g/mol. The minimum Gasteiger partial charge on any atom is -0.508 e. The maximum absolute atomic E-state index is 11.7. The van der Waals surface area contributed by atoms with Crippen molar-refractivity contribution in [2.24, 2.45) is 0 Å². The lowest BCUT2D eigenvalue weighted by Gasteiger charge is -2.41. The maximum atomic E-state index is 11.7. The molecule has 9 N–H and O–H groups in total. The fraction of sp³-hybridized carbons (Fsp3) is 0.200. The minimum atomic E-state index is -1.43. The highest BCUT2D eigenvalue weighted by Crippen LogP contribution is 2.56. The largest absolute Gasteiger partial charge is 0.508 e. The summed E-state index contributed by atoms with van der Waals surface area (Å²) < 4.78 is 12.4. The number of phenolic OH excluding ortho intramolecular Hbond substituents is 7. The number of fused-ring (bicyclic) bond motifs is 3. The summed E-state index contributed by atoms with van der Waals surface area (Å²) in [5.41, 5.74) is 1.26. The van der Waals surface area contributed by atoms with E-state index in [1.54, 1.807) is 0 Å². The molecule has 2 aliphatic rings. The van der Waals surface area contributed by atoms with Gasteiger partial charge in [-0.1, -0.05) is 18.2 Å². The number of aliphatic hydroxyl groups is 2. The summed E-state index contributed by atoms with van der Waals surface area (Å²) in [6, 6.07) is 13.0. The molecule has 0 saturated carbocycles. The van der Waals surface area contributed by atoms with Crippen molar-refractivity contribution in [3.63, 3.8) is 0 Å². The molecule has 4 aromatic rings. The van der Waals surface area contributed by atoms with Gasteiger partial charge in [-0.2, -0.15) is 0 Å². The molecule has 0 radical (unpaired) electrons. The summed E-state index contributed by atoms with van der Waals surface area (Å²) in [7, 11) is 0. The third kappa shape index (κ3) is 4.31. The highest BCUT2D eigenvalue weighted by molar-refractivity contribution is 5.64. The zero-order valence-electron chi connectivity index (χ0n) is 21.2. The fourth-order valence-corrected chi connectivity index (χ4v) is 5.60. The lowest BCUT2D eigenvalue weighted by atomic mass is 9.77. The van der Waals surface area contributed by atoms with Gasteiger partial charge >= 0.3 is 0 Å². The molecule has 0 unspecified atom stereocenters. The van der Waals surface area contributed by atoms with E-state index in [1.165, 1.54) is 54.6 Å². The van der Waals surface area contributed by atoms with E-state index in [4.69, 9.17) is 9.47 Å². The first-order valence-electron chi connectivity index (χ1n) is 12.7. The molecule has 0 bridgehead atoms. The van der Waals surface area contributed by atoms with Crippen LogP contribution < -0.4 is 9.47 Å². The molecular weight excluding hydrogens is 536 g/mol. The van der Waals surface area contributed by atoms with Crippen LogP contribution in [0.3, 0.4) is 0 Å². The second kappa shape index (κ2) is 9.58. The second-order valence-electron chi connectivity index (χ2n) is 10.2. The van der Waals surface area contributed by atoms with Crippen LogP contribution in [0.5, 0.6) is 51.7 Å². The topological polar surface area (TPSA) is 201 Å². The van der Waals surface area contributed by atoms with E-state index in [2.05, 4.69) is 0 Å². The first-order chi connectivity index (χ1) is 19.5. The Morgan fingerprint density at radius 1 is 0.585 bits per heavy atom. The van der Waals surface area contributed by atoms with Crippen LogP contribution in [0.15, 0.2) is 60.7 Å². The van der Waals surface area contributed by atoms with Crippen molar-refractivity contribution >= 4 is 0 Å². The molecule has 0 amide bonds. The van der Waals surface area contributed by atoms with Crippen LogP contribution in [-0.2, 0) is 6.42 Å². The standard InChI is InChI=1S/C30H26O11/c31-14-3-4-15(19(34)9-14)25-26-24(40-29(27(25)39)13-2-6-18(33)22(37)8-13)11-20(35)16-10-23(38)28(41-30(16)26)12-1-5-17(32)21(36)7-12/h1-9,11,23,25,27-29,31-39H,10H2/t23-,25-,27+,28-,29+/m1/s1. The van der Waals surface area contributed by atoms with E-state index in [-0.39, 0.29) is 68.9 Å². The van der Waals surface area contributed by atoms with Gasteiger partial charge in [0.1, 0.15) is 41.0 Å². The van der Waals surface area contributed by atoms with Crippen LogP contribution in [0, 0.1) is 0 Å². The number of phenols is 7. The lowest BCUT2D eigenvalue weighted by Crippen LogP contribution is -2.37. The molecule has 6 rings (SSSR count). The fourth-order valence-electron chi connectivity index (χ4n) is 5.60. The maximum Gasteiger partial charge on any atom is 0.157 e. The van der Waals surface area contributed by atoms with Gasteiger partial charge in [0.15, 0.2) is 29.1 Å². The number of rotatable bonds is 3. The Morgan fingerprint density at radius 2 is 1.22 bits per heavy atom. The average Bonchev–Trinajstić information content (AvgIpc) is 2.92. The van der Waals surface area contributed by atoms with Crippen LogP contribution in [0.1, 0.15) is 45.9 Å². The van der Waals surface area contributed by atoms with E-state index in [0.29, 0.717) is 5.56 Å². The Bertz CT molecular complexity index is 1670. The normalized spacial score (nSPS) is 23.1. The van der Waals surface area contributed by atoms with Gasteiger partial charge in [0, 0.05) is 41.2 Å². The Labute approximate surface area is 232 Å². The number of hydrogen-bond donors (Lipinski definition) is 9.